The van der Waals surface area contributed by atoms with Gasteiger partial charge in [-0.15, -0.1) is 0 Å². The summed E-state index contributed by atoms with van der Waals surface area (Å²) in [4.78, 5) is 14.1. The molecule has 1 aliphatic heterocycles. The minimum atomic E-state index is -0.488. The third kappa shape index (κ3) is 3.45. The van der Waals surface area contributed by atoms with Gasteiger partial charge in [-0.3, -0.25) is 9.69 Å². The van der Waals surface area contributed by atoms with Crippen molar-refractivity contribution in [2.24, 2.45) is 0 Å². The number of nitrogens with one attached hydrogen (secondary N) is 1. The number of ketones is 1. The summed E-state index contributed by atoms with van der Waals surface area (Å²) in [6, 6.07) is 8.58. The van der Waals surface area contributed by atoms with E-state index in [1.54, 1.807) is 18.4 Å². The summed E-state index contributed by atoms with van der Waals surface area (Å²) in [6.07, 6.45) is 4.02. The van der Waals surface area contributed by atoms with Crippen LogP contribution in [0, 0.1) is 5.82 Å². The van der Waals surface area contributed by atoms with Gasteiger partial charge in [-0.2, -0.15) is 0 Å². The Kier molecular flexibility index (Phi) is 4.76. The predicted octanol–water partition coefficient (Wildman–Crippen LogP) is 3.87. The standard InChI is InChI=1S/C18H21FN2O2/c1-13(22)18-14(19)6-4-7-15(18)20-12-16(17-8-5-11-23-17)21-9-2-3-10-21/h4-8,11,16,20H,2-3,9-10,12H2,1H3. The van der Waals surface area contributed by atoms with E-state index in [9.17, 15) is 9.18 Å². The van der Waals surface area contributed by atoms with Crippen molar-refractivity contribution in [1.82, 2.24) is 4.90 Å². The SMILES string of the molecule is CC(=O)c1c(F)cccc1NCC(c1ccco1)N1CCCC1. The van der Waals surface area contributed by atoms with Crippen molar-refractivity contribution in [2.75, 3.05) is 25.0 Å². The van der Waals surface area contributed by atoms with Gasteiger partial charge in [-0.25, -0.2) is 4.39 Å². The van der Waals surface area contributed by atoms with Crippen LogP contribution in [0.15, 0.2) is 41.0 Å². The van der Waals surface area contributed by atoms with Crippen molar-refractivity contribution in [3.63, 3.8) is 0 Å². The van der Waals surface area contributed by atoms with E-state index in [2.05, 4.69) is 10.2 Å². The maximum absolute atomic E-state index is 13.9. The van der Waals surface area contributed by atoms with Crippen LogP contribution in [-0.2, 0) is 0 Å². The lowest BCUT2D eigenvalue weighted by molar-refractivity contribution is 0.101. The minimum Gasteiger partial charge on any atom is -0.468 e. The highest BCUT2D eigenvalue weighted by atomic mass is 19.1. The fraction of sp³-hybridized carbons (Fsp3) is 0.389. The van der Waals surface area contributed by atoms with Gasteiger partial charge in [0.1, 0.15) is 11.6 Å². The van der Waals surface area contributed by atoms with Crippen molar-refractivity contribution in [3.8, 4) is 0 Å². The Hall–Kier alpha value is -2.14. The van der Waals surface area contributed by atoms with Crippen LogP contribution in [0.1, 0.15) is 41.9 Å². The quantitative estimate of drug-likeness (QED) is 0.822. The lowest BCUT2D eigenvalue weighted by Crippen LogP contribution is -2.31. The molecule has 2 aromatic rings. The molecule has 1 aliphatic rings. The van der Waals surface area contributed by atoms with Gasteiger partial charge < -0.3 is 9.73 Å². The number of Topliss-reactive ketones (excluding diaryl/α,β-unsaturated/α-hetero) is 1. The first-order valence-electron chi connectivity index (χ1n) is 7.97. The Balaban J connectivity index is 1.79. The molecule has 1 fully saturated rings. The Bertz CT molecular complexity index is 664. The van der Waals surface area contributed by atoms with E-state index in [0.29, 0.717) is 12.2 Å². The zero-order chi connectivity index (χ0) is 16.2. The van der Waals surface area contributed by atoms with Gasteiger partial charge in [0, 0.05) is 12.2 Å². The maximum Gasteiger partial charge on any atom is 0.164 e. The molecule has 0 saturated carbocycles. The van der Waals surface area contributed by atoms with Crippen LogP contribution in [-0.4, -0.2) is 30.3 Å². The zero-order valence-corrected chi connectivity index (χ0v) is 13.2. The van der Waals surface area contributed by atoms with Crippen LogP contribution < -0.4 is 5.32 Å². The molecule has 1 unspecified atom stereocenters. The number of carbonyl (C=O) groups is 1. The van der Waals surface area contributed by atoms with E-state index < -0.39 is 5.82 Å². The van der Waals surface area contributed by atoms with E-state index in [0.717, 1.165) is 18.8 Å². The molecule has 0 aliphatic carbocycles. The van der Waals surface area contributed by atoms with Crippen LogP contribution >= 0.6 is 0 Å². The molecule has 0 spiro atoms. The molecule has 1 atom stereocenters. The summed E-state index contributed by atoms with van der Waals surface area (Å²) in [7, 11) is 0. The van der Waals surface area contributed by atoms with Gasteiger partial charge >= 0.3 is 0 Å². The fourth-order valence-electron chi connectivity index (χ4n) is 3.18. The molecule has 122 valence electrons. The van der Waals surface area contributed by atoms with E-state index in [1.165, 1.54) is 25.8 Å². The average molecular weight is 316 g/mol. The molecular weight excluding hydrogens is 295 g/mol. The second-order valence-corrected chi connectivity index (χ2v) is 5.87. The number of halogens is 1. The molecule has 0 bridgehead atoms. The fourth-order valence-corrected chi connectivity index (χ4v) is 3.18. The molecule has 3 rings (SSSR count). The maximum atomic E-state index is 13.9. The summed E-state index contributed by atoms with van der Waals surface area (Å²) >= 11 is 0. The summed E-state index contributed by atoms with van der Waals surface area (Å²) < 4.78 is 19.5. The number of benzene rings is 1. The number of carbonyl (C=O) groups excluding carboxylic acids is 1. The monoisotopic (exact) mass is 316 g/mol. The largest absolute Gasteiger partial charge is 0.468 e. The van der Waals surface area contributed by atoms with Crippen LogP contribution in [0.5, 0.6) is 0 Å². The average Bonchev–Trinajstić information content (AvgIpc) is 3.21. The van der Waals surface area contributed by atoms with Gasteiger partial charge in [-0.1, -0.05) is 6.07 Å². The van der Waals surface area contributed by atoms with Gasteiger partial charge in [0.2, 0.25) is 0 Å². The number of hydrogen-bond donors (Lipinski definition) is 1. The number of anilines is 1. The molecule has 4 nitrogen and oxygen atoms in total. The first kappa shape index (κ1) is 15.7. The smallest absolute Gasteiger partial charge is 0.164 e. The lowest BCUT2D eigenvalue weighted by Gasteiger charge is -2.26. The zero-order valence-electron chi connectivity index (χ0n) is 13.2. The molecule has 5 heteroatoms. The van der Waals surface area contributed by atoms with E-state index in [1.807, 2.05) is 12.1 Å². The molecule has 2 heterocycles. The van der Waals surface area contributed by atoms with Crippen molar-refractivity contribution >= 4 is 11.5 Å². The predicted molar refractivity (Wildman–Crippen MR) is 87.2 cm³/mol. The van der Waals surface area contributed by atoms with Crippen LogP contribution in [0.2, 0.25) is 0 Å². The molecule has 1 aromatic heterocycles. The normalized spacial score (nSPS) is 16.4. The lowest BCUT2D eigenvalue weighted by atomic mass is 10.1. The van der Waals surface area contributed by atoms with Crippen molar-refractivity contribution in [1.29, 1.82) is 0 Å². The van der Waals surface area contributed by atoms with Gasteiger partial charge in [0.25, 0.3) is 0 Å². The molecular formula is C18H21FN2O2. The first-order valence-corrected chi connectivity index (χ1v) is 7.97. The van der Waals surface area contributed by atoms with Crippen molar-refractivity contribution < 1.29 is 13.6 Å². The minimum absolute atomic E-state index is 0.0792. The Morgan fingerprint density at radius 1 is 1.30 bits per heavy atom. The summed E-state index contributed by atoms with van der Waals surface area (Å²) in [5.41, 5.74) is 0.653. The molecule has 0 amide bonds. The molecule has 23 heavy (non-hydrogen) atoms. The highest BCUT2D eigenvalue weighted by Crippen LogP contribution is 2.27. The van der Waals surface area contributed by atoms with Gasteiger partial charge in [0.15, 0.2) is 5.78 Å². The molecule has 0 radical (unpaired) electrons. The number of rotatable bonds is 6. The number of nitrogens with zero attached hydrogens (tertiary/aromatic N) is 1. The second kappa shape index (κ2) is 6.96. The Morgan fingerprint density at radius 3 is 2.74 bits per heavy atom. The summed E-state index contributed by atoms with van der Waals surface area (Å²) in [5, 5.41) is 3.24. The van der Waals surface area contributed by atoms with Crippen LogP contribution in [0.3, 0.4) is 0 Å². The van der Waals surface area contributed by atoms with E-state index in [-0.39, 0.29) is 17.4 Å². The number of likely N-dealkylation sites (tertiary alicyclic amines) is 1. The molecule has 1 saturated heterocycles. The van der Waals surface area contributed by atoms with Crippen molar-refractivity contribution in [3.05, 3.63) is 53.7 Å². The van der Waals surface area contributed by atoms with Crippen LogP contribution in [0.4, 0.5) is 10.1 Å². The Labute approximate surface area is 135 Å². The second-order valence-electron chi connectivity index (χ2n) is 5.87. The summed E-state index contributed by atoms with van der Waals surface area (Å²) in [6.45, 7) is 4.00. The highest BCUT2D eigenvalue weighted by molar-refractivity contribution is 5.99. The van der Waals surface area contributed by atoms with Crippen LogP contribution in [0.25, 0.3) is 0 Å². The third-order valence-electron chi connectivity index (χ3n) is 4.30. The van der Waals surface area contributed by atoms with Crippen molar-refractivity contribution in [2.45, 2.75) is 25.8 Å². The van der Waals surface area contributed by atoms with Gasteiger partial charge in [0.05, 0.1) is 17.9 Å². The molecule has 1 N–H and O–H groups in total. The third-order valence-corrected chi connectivity index (χ3v) is 4.30. The highest BCUT2D eigenvalue weighted by Gasteiger charge is 2.26. The topological polar surface area (TPSA) is 45.5 Å². The van der Waals surface area contributed by atoms with E-state index in [4.69, 9.17) is 4.42 Å². The number of hydrogen-bond acceptors (Lipinski definition) is 4. The Morgan fingerprint density at radius 2 is 2.09 bits per heavy atom. The molecule has 1 aromatic carbocycles. The first-order chi connectivity index (χ1) is 11.2. The number of furan rings is 1. The summed E-state index contributed by atoms with van der Waals surface area (Å²) in [5.74, 6) is 0.125. The van der Waals surface area contributed by atoms with E-state index >= 15 is 0 Å². The van der Waals surface area contributed by atoms with Gasteiger partial charge in [-0.05, 0) is 57.1 Å².